The fourth-order valence-electron chi connectivity index (χ4n) is 1.10. The van der Waals surface area contributed by atoms with Gasteiger partial charge in [0.25, 0.3) is 0 Å². The molecule has 1 aliphatic rings. The number of carbonyl (C=O) groups excluding carboxylic acids is 1. The molecule has 0 N–H and O–H groups in total. The van der Waals surface area contributed by atoms with E-state index >= 15 is 0 Å². The molecule has 0 amide bonds. The number of rotatable bonds is 5. The summed E-state index contributed by atoms with van der Waals surface area (Å²) in [5.41, 5.74) is 0. The van der Waals surface area contributed by atoms with E-state index in [1.807, 2.05) is 0 Å². The van der Waals surface area contributed by atoms with Gasteiger partial charge in [-0.3, -0.25) is 0 Å². The van der Waals surface area contributed by atoms with Crippen molar-refractivity contribution in [3.63, 3.8) is 0 Å². The molecular weight excluding hydrogens is 128 g/mol. The van der Waals surface area contributed by atoms with Gasteiger partial charge in [0.05, 0.1) is 6.10 Å². The Morgan fingerprint density at radius 2 is 2.30 bits per heavy atom. The zero-order valence-electron chi connectivity index (χ0n) is 6.38. The Balaban J connectivity index is 1.91. The monoisotopic (exact) mass is 142 g/mol. The van der Waals surface area contributed by atoms with Crippen LogP contribution in [-0.2, 0) is 9.53 Å². The first-order chi connectivity index (χ1) is 4.88. The van der Waals surface area contributed by atoms with E-state index in [0.717, 1.165) is 12.7 Å². The normalized spacial score (nSPS) is 30.1. The molecule has 1 saturated heterocycles. The first kappa shape index (κ1) is 7.73. The minimum Gasteiger partial charge on any atom is -0.362 e. The molecule has 2 unspecified atom stereocenters. The van der Waals surface area contributed by atoms with Crippen molar-refractivity contribution in [2.45, 2.75) is 44.8 Å². The third kappa shape index (κ3) is 2.10. The maximum Gasteiger partial charge on any atom is 0.151 e. The van der Waals surface area contributed by atoms with Crippen LogP contribution in [0.25, 0.3) is 0 Å². The molecule has 1 fully saturated rings. The molecular formula is C8H14O2. The summed E-state index contributed by atoms with van der Waals surface area (Å²) in [5, 5.41) is 0. The lowest BCUT2D eigenvalue weighted by Crippen LogP contribution is -1.93. The maximum atomic E-state index is 10.1. The van der Waals surface area contributed by atoms with E-state index in [1.165, 1.54) is 19.3 Å². The quantitative estimate of drug-likeness (QED) is 0.331. The first-order valence-electron chi connectivity index (χ1n) is 3.99. The van der Waals surface area contributed by atoms with Crippen molar-refractivity contribution in [1.82, 2.24) is 0 Å². The Kier molecular flexibility index (Phi) is 2.87. The molecule has 2 nitrogen and oxygen atoms in total. The molecule has 2 heteroatoms. The molecule has 0 spiro atoms. The van der Waals surface area contributed by atoms with Gasteiger partial charge in [0, 0.05) is 0 Å². The summed E-state index contributed by atoms with van der Waals surface area (Å²) in [4.78, 5) is 10.1. The Labute approximate surface area is 61.6 Å². The van der Waals surface area contributed by atoms with Crippen LogP contribution in [0.4, 0.5) is 0 Å². The summed E-state index contributed by atoms with van der Waals surface area (Å²) >= 11 is 0. The first-order valence-corrected chi connectivity index (χ1v) is 3.99. The van der Waals surface area contributed by atoms with Crippen LogP contribution >= 0.6 is 0 Å². The SMILES string of the molecule is CCCCCC1OC1C=O. The predicted octanol–water partition coefficient (Wildman–Crippen LogP) is 1.53. The van der Waals surface area contributed by atoms with Crippen molar-refractivity contribution in [2.24, 2.45) is 0 Å². The molecule has 0 radical (unpaired) electrons. The number of hydrogen-bond donors (Lipinski definition) is 0. The number of hydrogen-bond acceptors (Lipinski definition) is 2. The van der Waals surface area contributed by atoms with Gasteiger partial charge in [-0.15, -0.1) is 0 Å². The van der Waals surface area contributed by atoms with Gasteiger partial charge >= 0.3 is 0 Å². The lowest BCUT2D eigenvalue weighted by Gasteiger charge is -1.91. The zero-order valence-corrected chi connectivity index (χ0v) is 6.38. The highest BCUT2D eigenvalue weighted by atomic mass is 16.6. The van der Waals surface area contributed by atoms with E-state index in [4.69, 9.17) is 4.74 Å². The number of epoxide rings is 1. The molecule has 0 aromatic heterocycles. The third-order valence-corrected chi connectivity index (χ3v) is 1.85. The number of carbonyl (C=O) groups is 1. The van der Waals surface area contributed by atoms with Crippen LogP contribution in [-0.4, -0.2) is 18.5 Å². The molecule has 58 valence electrons. The van der Waals surface area contributed by atoms with Crippen LogP contribution in [0.2, 0.25) is 0 Å². The molecule has 1 aliphatic heterocycles. The van der Waals surface area contributed by atoms with Gasteiger partial charge in [-0.25, -0.2) is 0 Å². The Morgan fingerprint density at radius 3 is 2.80 bits per heavy atom. The zero-order chi connectivity index (χ0) is 7.40. The molecule has 0 bridgehead atoms. The largest absolute Gasteiger partial charge is 0.362 e. The van der Waals surface area contributed by atoms with Crippen molar-refractivity contribution in [2.75, 3.05) is 0 Å². The molecule has 0 aliphatic carbocycles. The van der Waals surface area contributed by atoms with Crippen molar-refractivity contribution in [3.8, 4) is 0 Å². The molecule has 0 aromatic rings. The topological polar surface area (TPSA) is 29.6 Å². The molecule has 0 aromatic carbocycles. The van der Waals surface area contributed by atoms with Crippen molar-refractivity contribution >= 4 is 6.29 Å². The molecule has 10 heavy (non-hydrogen) atoms. The minimum absolute atomic E-state index is 0.0585. The van der Waals surface area contributed by atoms with E-state index in [9.17, 15) is 4.79 Å². The highest BCUT2D eigenvalue weighted by Crippen LogP contribution is 2.25. The summed E-state index contributed by atoms with van der Waals surface area (Å²) in [7, 11) is 0. The Morgan fingerprint density at radius 1 is 1.50 bits per heavy atom. The smallest absolute Gasteiger partial charge is 0.151 e. The van der Waals surface area contributed by atoms with E-state index < -0.39 is 0 Å². The van der Waals surface area contributed by atoms with Gasteiger partial charge in [0.2, 0.25) is 0 Å². The van der Waals surface area contributed by atoms with Crippen LogP contribution < -0.4 is 0 Å². The number of aldehydes is 1. The summed E-state index contributed by atoms with van der Waals surface area (Å²) in [6, 6.07) is 0. The summed E-state index contributed by atoms with van der Waals surface area (Å²) in [5.74, 6) is 0. The van der Waals surface area contributed by atoms with Crippen molar-refractivity contribution < 1.29 is 9.53 Å². The molecule has 0 saturated carbocycles. The average molecular weight is 142 g/mol. The third-order valence-electron chi connectivity index (χ3n) is 1.85. The van der Waals surface area contributed by atoms with Crippen LogP contribution in [0, 0.1) is 0 Å². The van der Waals surface area contributed by atoms with Gasteiger partial charge in [-0.1, -0.05) is 26.2 Å². The second kappa shape index (κ2) is 3.71. The average Bonchev–Trinajstić information content (AvgIpc) is 2.68. The second-order valence-corrected chi connectivity index (χ2v) is 2.77. The van der Waals surface area contributed by atoms with E-state index in [0.29, 0.717) is 0 Å². The van der Waals surface area contributed by atoms with Gasteiger partial charge < -0.3 is 9.53 Å². The van der Waals surface area contributed by atoms with Crippen LogP contribution in [0.5, 0.6) is 0 Å². The van der Waals surface area contributed by atoms with Gasteiger partial charge in [0.15, 0.2) is 6.29 Å². The van der Waals surface area contributed by atoms with Crippen molar-refractivity contribution in [1.29, 1.82) is 0 Å². The summed E-state index contributed by atoms with van der Waals surface area (Å²) < 4.78 is 5.04. The molecule has 1 rings (SSSR count). The second-order valence-electron chi connectivity index (χ2n) is 2.77. The Bertz CT molecular complexity index is 112. The molecule has 1 heterocycles. The van der Waals surface area contributed by atoms with Crippen LogP contribution in [0.15, 0.2) is 0 Å². The van der Waals surface area contributed by atoms with E-state index in [-0.39, 0.29) is 12.2 Å². The lowest BCUT2D eigenvalue weighted by atomic mass is 10.1. The predicted molar refractivity (Wildman–Crippen MR) is 38.9 cm³/mol. The van der Waals surface area contributed by atoms with E-state index in [1.54, 1.807) is 0 Å². The van der Waals surface area contributed by atoms with Crippen LogP contribution in [0.3, 0.4) is 0 Å². The highest BCUT2D eigenvalue weighted by Gasteiger charge is 2.37. The summed E-state index contributed by atoms with van der Waals surface area (Å²) in [6.07, 6.45) is 5.87. The summed E-state index contributed by atoms with van der Waals surface area (Å²) in [6.45, 7) is 2.17. The minimum atomic E-state index is -0.0585. The number of ether oxygens (including phenoxy) is 1. The number of unbranched alkanes of at least 4 members (excludes halogenated alkanes) is 2. The fraction of sp³-hybridized carbons (Fsp3) is 0.875. The Hall–Kier alpha value is -0.370. The van der Waals surface area contributed by atoms with Gasteiger partial charge in [0.1, 0.15) is 6.10 Å². The standard InChI is InChI=1S/C8H14O2/c1-2-3-4-5-7-8(6-9)10-7/h6-8H,2-5H2,1H3. The molecule has 2 atom stereocenters. The van der Waals surface area contributed by atoms with Crippen molar-refractivity contribution in [3.05, 3.63) is 0 Å². The van der Waals surface area contributed by atoms with Gasteiger partial charge in [-0.2, -0.15) is 0 Å². The van der Waals surface area contributed by atoms with Gasteiger partial charge in [-0.05, 0) is 6.42 Å². The lowest BCUT2D eigenvalue weighted by molar-refractivity contribution is -0.108. The van der Waals surface area contributed by atoms with Crippen LogP contribution in [0.1, 0.15) is 32.6 Å². The highest BCUT2D eigenvalue weighted by molar-refractivity contribution is 5.60. The maximum absolute atomic E-state index is 10.1. The van der Waals surface area contributed by atoms with E-state index in [2.05, 4.69) is 6.92 Å². The fourth-order valence-corrected chi connectivity index (χ4v) is 1.10.